The molecule has 0 aromatic rings. The second-order valence-electron chi connectivity index (χ2n) is 2.25. The molecule has 3 amide bonds. The van der Waals surface area contributed by atoms with Gasteiger partial charge in [0.25, 0.3) is 0 Å². The molecule has 1 aliphatic rings. The van der Waals surface area contributed by atoms with Crippen LogP contribution in [0.2, 0.25) is 0 Å². The van der Waals surface area contributed by atoms with Crippen molar-refractivity contribution in [3.63, 3.8) is 0 Å². The minimum Gasteiger partial charge on any atom is -0.274 e. The smallest absolute Gasteiger partial charge is 0.274 e. The third-order valence-corrected chi connectivity index (χ3v) is 1.49. The topological polar surface area (TPSA) is 89.5 Å². The van der Waals surface area contributed by atoms with E-state index >= 15 is 0 Å². The molecule has 11 heavy (non-hydrogen) atoms. The van der Waals surface area contributed by atoms with Gasteiger partial charge in [0.15, 0.2) is 0 Å². The van der Waals surface area contributed by atoms with Gasteiger partial charge in [-0.3, -0.25) is 15.5 Å². The van der Waals surface area contributed by atoms with Crippen LogP contribution in [-0.2, 0) is 4.79 Å². The lowest BCUT2D eigenvalue weighted by atomic mass is 10.2. The summed E-state index contributed by atoms with van der Waals surface area (Å²) in [5.41, 5.74) is 2.25. The van der Waals surface area contributed by atoms with E-state index in [0.717, 1.165) is 4.90 Å². The number of nitrogens with zero attached hydrogens (tertiary/aromatic N) is 2. The van der Waals surface area contributed by atoms with Gasteiger partial charge in [-0.25, -0.2) is 15.5 Å². The van der Waals surface area contributed by atoms with Crippen LogP contribution >= 0.6 is 0 Å². The van der Waals surface area contributed by atoms with Crippen molar-refractivity contribution in [1.29, 1.82) is 0 Å². The molecule has 6 nitrogen and oxygen atoms in total. The molecule has 1 heterocycles. The van der Waals surface area contributed by atoms with Crippen molar-refractivity contribution in [2.75, 3.05) is 7.05 Å². The predicted octanol–water partition coefficient (Wildman–Crippen LogP) is -1.64. The van der Waals surface area contributed by atoms with Gasteiger partial charge in [0, 0.05) is 7.05 Å². The van der Waals surface area contributed by atoms with E-state index in [2.05, 4.69) is 10.7 Å². The number of rotatable bonds is 1. The molecule has 1 saturated heterocycles. The summed E-state index contributed by atoms with van der Waals surface area (Å²) in [7, 11) is 1.39. The summed E-state index contributed by atoms with van der Waals surface area (Å²) in [6, 6.07) is -0.552. The fourth-order valence-electron chi connectivity index (χ4n) is 0.771. The van der Waals surface area contributed by atoms with Crippen molar-refractivity contribution in [2.24, 2.45) is 5.84 Å². The number of urea groups is 1. The number of imide groups is 1. The Hall–Kier alpha value is -1.14. The lowest BCUT2D eigenvalue weighted by molar-refractivity contribution is -0.129. The maximum Gasteiger partial charge on any atom is 0.347 e. The van der Waals surface area contributed by atoms with Crippen LogP contribution in [0.25, 0.3) is 0 Å². The number of amides is 3. The molecule has 1 aliphatic heterocycles. The Morgan fingerprint density at radius 2 is 2.36 bits per heavy atom. The van der Waals surface area contributed by atoms with Crippen molar-refractivity contribution in [3.8, 4) is 0 Å². The summed E-state index contributed by atoms with van der Waals surface area (Å²) >= 11 is 0. The van der Waals surface area contributed by atoms with Crippen LogP contribution < -0.4 is 16.6 Å². The van der Waals surface area contributed by atoms with Crippen molar-refractivity contribution >= 4 is 11.9 Å². The molecule has 0 saturated carbocycles. The highest BCUT2D eigenvalue weighted by Gasteiger charge is 2.29. The molecule has 1 unspecified atom stereocenters. The first kappa shape index (κ1) is 7.96. The second kappa shape index (κ2) is 2.85. The average molecular weight is 157 g/mol. The standard InChI is InChI=1S/C5H9N4O2/c1-9-4(10)2-3(8-6)7-5(9)11/h3,8H,2,6H2,1H3. The summed E-state index contributed by atoms with van der Waals surface area (Å²) < 4.78 is 0. The van der Waals surface area contributed by atoms with Crippen molar-refractivity contribution in [1.82, 2.24) is 15.6 Å². The molecular weight excluding hydrogens is 148 g/mol. The average Bonchev–Trinajstić information content (AvgIpc) is 1.99. The first-order valence-electron chi connectivity index (χ1n) is 3.12. The first-order chi connectivity index (χ1) is 5.15. The van der Waals surface area contributed by atoms with Crippen LogP contribution in [0.15, 0.2) is 0 Å². The third-order valence-electron chi connectivity index (χ3n) is 1.49. The van der Waals surface area contributed by atoms with Crippen molar-refractivity contribution < 1.29 is 9.59 Å². The Morgan fingerprint density at radius 3 is 2.82 bits per heavy atom. The van der Waals surface area contributed by atoms with E-state index in [1.165, 1.54) is 7.05 Å². The first-order valence-corrected chi connectivity index (χ1v) is 3.12. The summed E-state index contributed by atoms with van der Waals surface area (Å²) in [6.45, 7) is 0. The highest BCUT2D eigenvalue weighted by atomic mass is 16.2. The highest BCUT2D eigenvalue weighted by Crippen LogP contribution is 2.03. The van der Waals surface area contributed by atoms with Gasteiger partial charge in [-0.1, -0.05) is 0 Å². The largest absolute Gasteiger partial charge is 0.347 e. The van der Waals surface area contributed by atoms with Crippen LogP contribution in [0.5, 0.6) is 0 Å². The van der Waals surface area contributed by atoms with Crippen molar-refractivity contribution in [2.45, 2.75) is 12.6 Å². The number of hydrogen-bond donors (Lipinski definition) is 2. The van der Waals surface area contributed by atoms with E-state index < -0.39 is 12.2 Å². The minimum atomic E-state index is -0.564. The van der Waals surface area contributed by atoms with E-state index in [-0.39, 0.29) is 12.3 Å². The lowest BCUT2D eigenvalue weighted by Gasteiger charge is -2.25. The zero-order valence-electron chi connectivity index (χ0n) is 6.07. The molecule has 3 N–H and O–H groups in total. The molecule has 0 spiro atoms. The van der Waals surface area contributed by atoms with Crippen LogP contribution in [0.1, 0.15) is 6.42 Å². The van der Waals surface area contributed by atoms with Gasteiger partial charge in [0.2, 0.25) is 5.91 Å². The van der Waals surface area contributed by atoms with Crippen LogP contribution in [0, 0.1) is 0 Å². The molecule has 0 bridgehead atoms. The third kappa shape index (κ3) is 1.47. The summed E-state index contributed by atoms with van der Waals surface area (Å²) in [4.78, 5) is 22.7. The van der Waals surface area contributed by atoms with Gasteiger partial charge < -0.3 is 0 Å². The van der Waals surface area contributed by atoms with E-state index in [0.29, 0.717) is 0 Å². The fourth-order valence-corrected chi connectivity index (χ4v) is 0.771. The van der Waals surface area contributed by atoms with Gasteiger partial charge in [-0.05, 0) is 0 Å². The number of carbonyl (C=O) groups excluding carboxylic acids is 2. The van der Waals surface area contributed by atoms with E-state index in [4.69, 9.17) is 5.84 Å². The maximum atomic E-state index is 10.9. The second-order valence-corrected chi connectivity index (χ2v) is 2.25. The fraction of sp³-hybridized carbons (Fsp3) is 0.600. The van der Waals surface area contributed by atoms with Crippen LogP contribution in [-0.4, -0.2) is 30.1 Å². The highest BCUT2D eigenvalue weighted by molar-refractivity contribution is 5.96. The Labute approximate surface area is 63.7 Å². The molecule has 1 fully saturated rings. The summed E-state index contributed by atoms with van der Waals surface area (Å²) in [5.74, 6) is 4.74. The zero-order chi connectivity index (χ0) is 8.43. The van der Waals surface area contributed by atoms with Crippen molar-refractivity contribution in [3.05, 3.63) is 0 Å². The van der Waals surface area contributed by atoms with Gasteiger partial charge in [-0.2, -0.15) is 0 Å². The van der Waals surface area contributed by atoms with Crippen LogP contribution in [0.3, 0.4) is 0 Å². The molecule has 0 aliphatic carbocycles. The number of nitrogens with two attached hydrogens (primary N) is 1. The monoisotopic (exact) mass is 157 g/mol. The molecular formula is C5H9N4O2. The Bertz CT molecular complexity index is 175. The summed E-state index contributed by atoms with van der Waals surface area (Å²) in [5, 5.41) is 3.56. The van der Waals surface area contributed by atoms with Crippen LogP contribution in [0.4, 0.5) is 4.79 Å². The minimum absolute atomic E-state index is 0.138. The maximum absolute atomic E-state index is 10.9. The van der Waals surface area contributed by atoms with Gasteiger partial charge in [-0.15, -0.1) is 0 Å². The predicted molar refractivity (Wildman–Crippen MR) is 36.0 cm³/mol. The number of nitrogens with one attached hydrogen (secondary N) is 1. The molecule has 1 rings (SSSR count). The molecule has 1 atom stereocenters. The van der Waals surface area contributed by atoms with E-state index in [9.17, 15) is 9.59 Å². The number of hydrogen-bond acceptors (Lipinski definition) is 4. The quantitative estimate of drug-likeness (QED) is 0.353. The summed E-state index contributed by atoms with van der Waals surface area (Å²) in [6.07, 6.45) is -0.426. The van der Waals surface area contributed by atoms with Gasteiger partial charge in [0.05, 0.1) is 6.42 Å². The molecule has 0 aromatic heterocycles. The lowest BCUT2D eigenvalue weighted by Crippen LogP contribution is -2.55. The zero-order valence-corrected chi connectivity index (χ0v) is 6.07. The Balaban J connectivity index is 2.62. The normalized spacial score (nSPS) is 25.3. The SMILES string of the molecule is CN1C(=O)CC(NN)[N]C1=O. The van der Waals surface area contributed by atoms with E-state index in [1.54, 1.807) is 0 Å². The Kier molecular flexibility index (Phi) is 2.06. The molecule has 61 valence electrons. The van der Waals surface area contributed by atoms with E-state index in [1.807, 2.05) is 0 Å². The number of carbonyl (C=O) groups is 2. The molecule has 0 aromatic carbocycles. The Morgan fingerprint density at radius 1 is 1.73 bits per heavy atom. The molecule has 1 radical (unpaired) electrons. The molecule has 6 heteroatoms. The van der Waals surface area contributed by atoms with Gasteiger partial charge in [0.1, 0.15) is 6.17 Å². The van der Waals surface area contributed by atoms with Gasteiger partial charge >= 0.3 is 6.03 Å². The number of hydrazine groups is 1.